The molecule has 2 N–H and O–H groups in total. The highest BCUT2D eigenvalue weighted by molar-refractivity contribution is 5.94. The Kier molecular flexibility index (Phi) is 6.71. The minimum absolute atomic E-state index is 0.0756. The van der Waals surface area contributed by atoms with Crippen LogP contribution >= 0.6 is 0 Å². The number of anilines is 2. The number of carbonyl (C=O) groups is 1. The maximum absolute atomic E-state index is 12.3. The van der Waals surface area contributed by atoms with Crippen LogP contribution in [0.4, 0.5) is 11.4 Å². The summed E-state index contributed by atoms with van der Waals surface area (Å²) in [5.41, 5.74) is 4.17. The van der Waals surface area contributed by atoms with Gasteiger partial charge < -0.3 is 20.1 Å². The van der Waals surface area contributed by atoms with Crippen molar-refractivity contribution in [2.24, 2.45) is 0 Å². The van der Waals surface area contributed by atoms with E-state index >= 15 is 0 Å². The average Bonchev–Trinajstić information content (AvgIpc) is 3.20. The van der Waals surface area contributed by atoms with Crippen LogP contribution in [-0.4, -0.2) is 31.8 Å². The molecule has 1 fully saturated rings. The van der Waals surface area contributed by atoms with Crippen LogP contribution in [0.25, 0.3) is 0 Å². The van der Waals surface area contributed by atoms with Gasteiger partial charge in [0.15, 0.2) is 0 Å². The zero-order chi connectivity index (χ0) is 19.1. The van der Waals surface area contributed by atoms with Crippen molar-refractivity contribution >= 4 is 17.3 Å². The average molecular weight is 368 g/mol. The number of carbonyl (C=O) groups excluding carboxylic acids is 1. The molecule has 0 bridgehead atoms. The lowest BCUT2D eigenvalue weighted by Gasteiger charge is -2.14. The standard InChI is InChI=1S/C22H28N2O3/c1-3-17-7-4-6-16(2)22(17)23-14-21(25)24-18-9-11-19(12-10-18)27-15-20-8-5-13-26-20/h4,6-7,9-12,20,23H,3,5,8,13-15H2,1-2H3,(H,24,25). The van der Waals surface area contributed by atoms with Crippen LogP contribution in [0.5, 0.6) is 5.75 Å². The van der Waals surface area contributed by atoms with E-state index < -0.39 is 0 Å². The summed E-state index contributed by atoms with van der Waals surface area (Å²) in [4.78, 5) is 12.3. The Balaban J connectivity index is 1.48. The molecule has 2 aromatic rings. The van der Waals surface area contributed by atoms with Gasteiger partial charge in [0, 0.05) is 18.0 Å². The number of rotatable bonds is 8. The summed E-state index contributed by atoms with van der Waals surface area (Å²) in [5, 5.41) is 6.18. The fourth-order valence-electron chi connectivity index (χ4n) is 3.25. The van der Waals surface area contributed by atoms with Crippen molar-refractivity contribution in [3.63, 3.8) is 0 Å². The molecule has 5 heteroatoms. The van der Waals surface area contributed by atoms with Gasteiger partial charge in [-0.1, -0.05) is 25.1 Å². The first kappa shape index (κ1) is 19.2. The van der Waals surface area contributed by atoms with Crippen molar-refractivity contribution in [1.29, 1.82) is 0 Å². The van der Waals surface area contributed by atoms with Gasteiger partial charge in [-0.15, -0.1) is 0 Å². The Hall–Kier alpha value is -2.53. The number of hydrogen-bond donors (Lipinski definition) is 2. The fraction of sp³-hybridized carbons (Fsp3) is 0.409. The van der Waals surface area contributed by atoms with Gasteiger partial charge >= 0.3 is 0 Å². The van der Waals surface area contributed by atoms with E-state index in [1.54, 1.807) is 0 Å². The molecular weight excluding hydrogens is 340 g/mol. The predicted octanol–water partition coefficient (Wildman–Crippen LogP) is 4.17. The molecule has 1 saturated heterocycles. The van der Waals surface area contributed by atoms with E-state index in [0.717, 1.165) is 48.6 Å². The Morgan fingerprint density at radius 3 is 2.74 bits per heavy atom. The van der Waals surface area contributed by atoms with Crippen LogP contribution in [0.3, 0.4) is 0 Å². The largest absolute Gasteiger partial charge is 0.491 e. The van der Waals surface area contributed by atoms with E-state index in [4.69, 9.17) is 9.47 Å². The molecule has 1 atom stereocenters. The van der Waals surface area contributed by atoms with Gasteiger partial charge in [-0.25, -0.2) is 0 Å². The van der Waals surface area contributed by atoms with Crippen molar-refractivity contribution in [3.8, 4) is 5.75 Å². The van der Waals surface area contributed by atoms with Crippen molar-refractivity contribution in [2.45, 2.75) is 39.2 Å². The molecule has 1 heterocycles. The monoisotopic (exact) mass is 368 g/mol. The number of hydrogen-bond acceptors (Lipinski definition) is 4. The third-order valence-electron chi connectivity index (χ3n) is 4.76. The first-order valence-electron chi connectivity index (χ1n) is 9.62. The molecule has 3 rings (SSSR count). The van der Waals surface area contributed by atoms with Gasteiger partial charge in [0.25, 0.3) is 0 Å². The lowest BCUT2D eigenvalue weighted by atomic mass is 10.1. The third-order valence-corrected chi connectivity index (χ3v) is 4.76. The number of ether oxygens (including phenoxy) is 2. The molecule has 1 aliphatic heterocycles. The quantitative estimate of drug-likeness (QED) is 0.734. The molecule has 0 aromatic heterocycles. The molecule has 1 aliphatic rings. The molecule has 1 amide bonds. The lowest BCUT2D eigenvalue weighted by Crippen LogP contribution is -2.22. The highest BCUT2D eigenvalue weighted by Gasteiger charge is 2.16. The zero-order valence-electron chi connectivity index (χ0n) is 16.1. The van der Waals surface area contributed by atoms with E-state index in [0.29, 0.717) is 6.61 Å². The second-order valence-corrected chi connectivity index (χ2v) is 6.83. The second kappa shape index (κ2) is 9.42. The molecule has 0 radical (unpaired) electrons. The topological polar surface area (TPSA) is 59.6 Å². The predicted molar refractivity (Wildman–Crippen MR) is 109 cm³/mol. The molecule has 5 nitrogen and oxygen atoms in total. The number of amides is 1. The van der Waals surface area contributed by atoms with Crippen molar-refractivity contribution in [1.82, 2.24) is 0 Å². The minimum atomic E-state index is -0.0756. The Morgan fingerprint density at radius 2 is 2.04 bits per heavy atom. The molecular formula is C22H28N2O3. The van der Waals surface area contributed by atoms with E-state index in [9.17, 15) is 4.79 Å². The highest BCUT2D eigenvalue weighted by atomic mass is 16.5. The number of aryl methyl sites for hydroxylation is 2. The van der Waals surface area contributed by atoms with Crippen molar-refractivity contribution in [2.75, 3.05) is 30.4 Å². The molecule has 2 aromatic carbocycles. The van der Waals surface area contributed by atoms with Crippen LogP contribution < -0.4 is 15.4 Å². The molecule has 1 unspecified atom stereocenters. The molecule has 144 valence electrons. The Bertz CT molecular complexity index is 753. The summed E-state index contributed by atoms with van der Waals surface area (Å²) in [6.07, 6.45) is 3.29. The molecule has 0 saturated carbocycles. The number of benzene rings is 2. The van der Waals surface area contributed by atoms with E-state index in [-0.39, 0.29) is 18.6 Å². The SMILES string of the molecule is CCc1cccc(C)c1NCC(=O)Nc1ccc(OCC2CCCO2)cc1. The van der Waals surface area contributed by atoms with E-state index in [1.165, 1.54) is 5.56 Å². The first-order chi connectivity index (χ1) is 13.2. The number of nitrogens with one attached hydrogen (secondary N) is 2. The van der Waals surface area contributed by atoms with Crippen LogP contribution in [0.1, 0.15) is 30.9 Å². The normalized spacial score (nSPS) is 16.1. The van der Waals surface area contributed by atoms with Crippen LogP contribution in [-0.2, 0) is 16.0 Å². The third kappa shape index (κ3) is 5.47. The summed E-state index contributed by atoms with van der Waals surface area (Å²) in [5.74, 6) is 0.711. The lowest BCUT2D eigenvalue weighted by molar-refractivity contribution is -0.114. The first-order valence-corrected chi connectivity index (χ1v) is 9.62. The van der Waals surface area contributed by atoms with Crippen molar-refractivity contribution < 1.29 is 14.3 Å². The summed E-state index contributed by atoms with van der Waals surface area (Å²) >= 11 is 0. The van der Waals surface area contributed by atoms with Gasteiger partial charge in [0.05, 0.1) is 12.6 Å². The molecule has 0 spiro atoms. The second-order valence-electron chi connectivity index (χ2n) is 6.83. The summed E-state index contributed by atoms with van der Waals surface area (Å²) < 4.78 is 11.3. The zero-order valence-corrected chi connectivity index (χ0v) is 16.1. The fourth-order valence-corrected chi connectivity index (χ4v) is 3.25. The maximum atomic E-state index is 12.3. The van der Waals surface area contributed by atoms with Gasteiger partial charge in [-0.2, -0.15) is 0 Å². The smallest absolute Gasteiger partial charge is 0.243 e. The van der Waals surface area contributed by atoms with Gasteiger partial charge in [0.1, 0.15) is 12.4 Å². The Labute approximate surface area is 161 Å². The van der Waals surface area contributed by atoms with Gasteiger partial charge in [-0.05, 0) is 61.6 Å². The van der Waals surface area contributed by atoms with Crippen LogP contribution in [0, 0.1) is 6.92 Å². The summed E-state index contributed by atoms with van der Waals surface area (Å²) in [7, 11) is 0. The maximum Gasteiger partial charge on any atom is 0.243 e. The molecule has 27 heavy (non-hydrogen) atoms. The minimum Gasteiger partial charge on any atom is -0.491 e. The van der Waals surface area contributed by atoms with Crippen LogP contribution in [0.15, 0.2) is 42.5 Å². The number of para-hydroxylation sites is 1. The summed E-state index contributed by atoms with van der Waals surface area (Å²) in [6, 6.07) is 13.6. The van der Waals surface area contributed by atoms with Gasteiger partial charge in [-0.3, -0.25) is 4.79 Å². The van der Waals surface area contributed by atoms with Crippen LogP contribution in [0.2, 0.25) is 0 Å². The Morgan fingerprint density at radius 1 is 1.22 bits per heavy atom. The van der Waals surface area contributed by atoms with Gasteiger partial charge in [0.2, 0.25) is 5.91 Å². The molecule has 0 aliphatic carbocycles. The van der Waals surface area contributed by atoms with Crippen molar-refractivity contribution in [3.05, 3.63) is 53.6 Å². The summed E-state index contributed by atoms with van der Waals surface area (Å²) in [6.45, 7) is 5.80. The van der Waals surface area contributed by atoms with E-state index in [2.05, 4.69) is 36.6 Å². The highest BCUT2D eigenvalue weighted by Crippen LogP contribution is 2.21. The van der Waals surface area contributed by atoms with E-state index in [1.807, 2.05) is 30.3 Å².